The molecule has 20 heavy (non-hydrogen) atoms. The standard InChI is InChI=1S/C14H9Br3N2O/c15-7-5-9(16)13(10(17)6-7)19-12-8-3-1-2-4-11(8)18-14(12)20/h1-6,12,19H,(H,18,20). The summed E-state index contributed by atoms with van der Waals surface area (Å²) >= 11 is 10.5. The Balaban J connectivity index is 1.98. The Hall–Kier alpha value is -0.850. The summed E-state index contributed by atoms with van der Waals surface area (Å²) in [5.74, 6) is -0.0482. The minimum absolute atomic E-state index is 0.0482. The lowest BCUT2D eigenvalue weighted by Crippen LogP contribution is -2.20. The number of hydrogen-bond donors (Lipinski definition) is 2. The Labute approximate surface area is 141 Å². The van der Waals surface area contributed by atoms with Crippen LogP contribution in [0.2, 0.25) is 0 Å². The lowest BCUT2D eigenvalue weighted by Gasteiger charge is -2.16. The van der Waals surface area contributed by atoms with Gasteiger partial charge in [-0.25, -0.2) is 0 Å². The van der Waals surface area contributed by atoms with E-state index in [1.165, 1.54) is 0 Å². The largest absolute Gasteiger partial charge is 0.368 e. The monoisotopic (exact) mass is 458 g/mol. The van der Waals surface area contributed by atoms with Gasteiger partial charge >= 0.3 is 0 Å². The van der Waals surface area contributed by atoms with Gasteiger partial charge in [0.1, 0.15) is 6.04 Å². The van der Waals surface area contributed by atoms with Gasteiger partial charge in [-0.15, -0.1) is 0 Å². The van der Waals surface area contributed by atoms with Crippen molar-refractivity contribution in [2.24, 2.45) is 0 Å². The number of fused-ring (bicyclic) bond motifs is 1. The van der Waals surface area contributed by atoms with Crippen LogP contribution in [0.5, 0.6) is 0 Å². The first-order chi connectivity index (χ1) is 9.56. The maximum Gasteiger partial charge on any atom is 0.251 e. The van der Waals surface area contributed by atoms with Crippen LogP contribution in [0.4, 0.5) is 11.4 Å². The van der Waals surface area contributed by atoms with E-state index in [2.05, 4.69) is 58.4 Å². The first-order valence-corrected chi connectivity index (χ1v) is 8.25. The normalized spacial score (nSPS) is 16.8. The van der Waals surface area contributed by atoms with Gasteiger partial charge in [-0.1, -0.05) is 34.1 Å². The minimum atomic E-state index is -0.389. The maximum absolute atomic E-state index is 12.1. The van der Waals surface area contributed by atoms with Crippen LogP contribution in [-0.4, -0.2) is 5.91 Å². The van der Waals surface area contributed by atoms with Crippen molar-refractivity contribution in [3.63, 3.8) is 0 Å². The van der Waals surface area contributed by atoms with Gasteiger partial charge in [-0.05, 0) is 50.1 Å². The van der Waals surface area contributed by atoms with Gasteiger partial charge in [0.2, 0.25) is 0 Å². The van der Waals surface area contributed by atoms with E-state index >= 15 is 0 Å². The second kappa shape index (κ2) is 5.50. The molecule has 1 aliphatic heterocycles. The highest BCUT2D eigenvalue weighted by molar-refractivity contribution is 9.11. The Morgan fingerprint density at radius 3 is 2.40 bits per heavy atom. The molecule has 0 aliphatic carbocycles. The van der Waals surface area contributed by atoms with Crippen LogP contribution in [0.15, 0.2) is 49.8 Å². The van der Waals surface area contributed by atoms with Gasteiger partial charge < -0.3 is 10.6 Å². The Bertz CT molecular complexity index is 680. The number of halogens is 3. The molecule has 3 nitrogen and oxygen atoms in total. The molecule has 3 rings (SSSR count). The SMILES string of the molecule is O=C1Nc2ccccc2C1Nc1c(Br)cc(Br)cc1Br. The number of rotatable bonds is 2. The number of carbonyl (C=O) groups is 1. The van der Waals surface area contributed by atoms with Crippen molar-refractivity contribution < 1.29 is 4.79 Å². The third-order valence-corrected chi connectivity index (χ3v) is 4.80. The van der Waals surface area contributed by atoms with Crippen molar-refractivity contribution in [3.05, 3.63) is 55.4 Å². The molecular formula is C14H9Br3N2O. The second-order valence-electron chi connectivity index (χ2n) is 4.40. The fourth-order valence-corrected chi connectivity index (χ4v) is 4.66. The van der Waals surface area contributed by atoms with Gasteiger partial charge in [0, 0.05) is 24.7 Å². The second-order valence-corrected chi connectivity index (χ2v) is 7.02. The first kappa shape index (κ1) is 14.1. The fourth-order valence-electron chi connectivity index (χ4n) is 2.18. The van der Waals surface area contributed by atoms with Crippen molar-refractivity contribution >= 4 is 65.1 Å². The lowest BCUT2D eigenvalue weighted by molar-refractivity contribution is -0.116. The third kappa shape index (κ3) is 2.52. The number of carbonyl (C=O) groups excluding carboxylic acids is 1. The summed E-state index contributed by atoms with van der Waals surface area (Å²) in [7, 11) is 0. The molecular weight excluding hydrogens is 452 g/mol. The zero-order valence-electron chi connectivity index (χ0n) is 10.1. The highest BCUT2D eigenvalue weighted by Gasteiger charge is 2.30. The summed E-state index contributed by atoms with van der Waals surface area (Å²) in [6.45, 7) is 0. The summed E-state index contributed by atoms with van der Waals surface area (Å²) in [5, 5.41) is 6.16. The molecule has 1 heterocycles. The Kier molecular flexibility index (Phi) is 3.88. The zero-order chi connectivity index (χ0) is 14.3. The van der Waals surface area contributed by atoms with E-state index in [9.17, 15) is 4.79 Å². The average molecular weight is 461 g/mol. The van der Waals surface area contributed by atoms with Crippen LogP contribution in [0.1, 0.15) is 11.6 Å². The van der Waals surface area contributed by atoms with Crippen LogP contribution in [0.3, 0.4) is 0 Å². The Morgan fingerprint density at radius 1 is 1.05 bits per heavy atom. The van der Waals surface area contributed by atoms with Crippen molar-refractivity contribution in [2.45, 2.75) is 6.04 Å². The quantitative estimate of drug-likeness (QED) is 0.656. The molecule has 1 atom stereocenters. The smallest absolute Gasteiger partial charge is 0.251 e. The highest BCUT2D eigenvalue weighted by atomic mass is 79.9. The fraction of sp³-hybridized carbons (Fsp3) is 0.0714. The van der Waals surface area contributed by atoms with Gasteiger partial charge in [0.25, 0.3) is 5.91 Å². The van der Waals surface area contributed by atoms with Gasteiger partial charge in [0.05, 0.1) is 5.69 Å². The highest BCUT2D eigenvalue weighted by Crippen LogP contribution is 2.39. The van der Waals surface area contributed by atoms with E-state index < -0.39 is 0 Å². The molecule has 2 N–H and O–H groups in total. The summed E-state index contributed by atoms with van der Waals surface area (Å²) in [6.07, 6.45) is 0. The van der Waals surface area contributed by atoms with Crippen molar-refractivity contribution in [3.8, 4) is 0 Å². The summed E-state index contributed by atoms with van der Waals surface area (Å²) in [6, 6.07) is 11.2. The summed E-state index contributed by atoms with van der Waals surface area (Å²) in [5.41, 5.74) is 2.67. The molecule has 0 fully saturated rings. The number of nitrogens with one attached hydrogen (secondary N) is 2. The molecule has 1 unspecified atom stereocenters. The molecule has 0 bridgehead atoms. The van der Waals surface area contributed by atoms with Crippen molar-refractivity contribution in [2.75, 3.05) is 10.6 Å². The number of benzene rings is 2. The number of anilines is 2. The molecule has 0 saturated heterocycles. The average Bonchev–Trinajstić information content (AvgIpc) is 2.69. The van der Waals surface area contributed by atoms with Gasteiger partial charge in [-0.2, -0.15) is 0 Å². The number of amides is 1. The summed E-state index contributed by atoms with van der Waals surface area (Å²) in [4.78, 5) is 12.1. The van der Waals surface area contributed by atoms with Crippen LogP contribution in [0, 0.1) is 0 Å². The van der Waals surface area contributed by atoms with E-state index in [0.29, 0.717) is 0 Å². The predicted octanol–water partition coefficient (Wildman–Crippen LogP) is 5.08. The zero-order valence-corrected chi connectivity index (χ0v) is 14.8. The number of para-hydroxylation sites is 1. The molecule has 1 aliphatic rings. The molecule has 6 heteroatoms. The Morgan fingerprint density at radius 2 is 1.70 bits per heavy atom. The molecule has 1 amide bonds. The van der Waals surface area contributed by atoms with E-state index in [1.807, 2.05) is 36.4 Å². The van der Waals surface area contributed by atoms with Crippen molar-refractivity contribution in [1.29, 1.82) is 0 Å². The molecule has 102 valence electrons. The molecule has 0 saturated carbocycles. The molecule has 2 aromatic carbocycles. The molecule has 0 aromatic heterocycles. The third-order valence-electron chi connectivity index (χ3n) is 3.09. The predicted molar refractivity (Wildman–Crippen MR) is 91.0 cm³/mol. The van der Waals surface area contributed by atoms with E-state index in [-0.39, 0.29) is 11.9 Å². The minimum Gasteiger partial charge on any atom is -0.368 e. The number of hydrogen-bond acceptors (Lipinski definition) is 2. The van der Waals surface area contributed by atoms with Crippen molar-refractivity contribution in [1.82, 2.24) is 0 Å². The maximum atomic E-state index is 12.1. The van der Waals surface area contributed by atoms with Gasteiger partial charge in [0.15, 0.2) is 0 Å². The topological polar surface area (TPSA) is 41.1 Å². The summed E-state index contributed by atoms with van der Waals surface area (Å²) < 4.78 is 2.73. The van der Waals surface area contributed by atoms with Crippen LogP contribution >= 0.6 is 47.8 Å². The molecule has 0 spiro atoms. The van der Waals surface area contributed by atoms with E-state index in [0.717, 1.165) is 30.4 Å². The van der Waals surface area contributed by atoms with Crippen LogP contribution in [-0.2, 0) is 4.79 Å². The van der Waals surface area contributed by atoms with E-state index in [1.54, 1.807) is 0 Å². The first-order valence-electron chi connectivity index (χ1n) is 5.87. The van der Waals surface area contributed by atoms with E-state index in [4.69, 9.17) is 0 Å². The molecule has 2 aromatic rings. The van der Waals surface area contributed by atoms with Crippen LogP contribution < -0.4 is 10.6 Å². The molecule has 0 radical (unpaired) electrons. The lowest BCUT2D eigenvalue weighted by atomic mass is 10.1. The van der Waals surface area contributed by atoms with Crippen LogP contribution in [0.25, 0.3) is 0 Å². The van der Waals surface area contributed by atoms with Gasteiger partial charge in [-0.3, -0.25) is 4.79 Å².